The molecule has 0 aromatic carbocycles. The molecule has 120 valence electrons. The third kappa shape index (κ3) is 5.13. The monoisotopic (exact) mass is 312 g/mol. The summed E-state index contributed by atoms with van der Waals surface area (Å²) < 4.78 is 0. The van der Waals surface area contributed by atoms with E-state index in [1.807, 2.05) is 6.20 Å². The van der Waals surface area contributed by atoms with Gasteiger partial charge >= 0.3 is 0 Å². The molecule has 0 spiro atoms. The fraction of sp³-hybridized carbons (Fsp3) is 0.688. The number of pyridine rings is 1. The van der Waals surface area contributed by atoms with E-state index in [-0.39, 0.29) is 12.4 Å². The van der Waals surface area contributed by atoms with Crippen LogP contribution in [0.1, 0.15) is 32.3 Å². The Hall–Kier alpha value is -0.840. The van der Waals surface area contributed by atoms with Crippen LogP contribution in [0, 0.1) is 5.92 Å². The number of halogens is 1. The van der Waals surface area contributed by atoms with Crippen LogP contribution < -0.4 is 10.6 Å². The van der Waals surface area contributed by atoms with E-state index in [1.54, 1.807) is 0 Å². The van der Waals surface area contributed by atoms with Crippen molar-refractivity contribution in [1.82, 2.24) is 9.88 Å². The van der Waals surface area contributed by atoms with Gasteiger partial charge in [0.15, 0.2) is 0 Å². The van der Waals surface area contributed by atoms with Gasteiger partial charge in [-0.05, 0) is 50.8 Å². The standard InChI is InChI=1S/C16H28N4.ClH/c1-4-19(3)16-8-7-14(10-18-16)11-20-9-5-6-15(12-20)13(2)17;/h7-8,10,13,15H,4-6,9,11-12,17H2,1-3H3;1H. The van der Waals surface area contributed by atoms with E-state index in [0.717, 1.165) is 25.5 Å². The van der Waals surface area contributed by atoms with E-state index in [1.165, 1.54) is 24.9 Å². The highest BCUT2D eigenvalue weighted by molar-refractivity contribution is 5.85. The van der Waals surface area contributed by atoms with Gasteiger partial charge in [-0.25, -0.2) is 4.98 Å². The number of hydrogen-bond donors (Lipinski definition) is 1. The molecule has 2 unspecified atom stereocenters. The Morgan fingerprint density at radius 1 is 1.48 bits per heavy atom. The van der Waals surface area contributed by atoms with Crippen molar-refractivity contribution in [3.05, 3.63) is 23.9 Å². The van der Waals surface area contributed by atoms with Crippen LogP contribution in [0.3, 0.4) is 0 Å². The van der Waals surface area contributed by atoms with Crippen LogP contribution in [0.15, 0.2) is 18.3 Å². The summed E-state index contributed by atoms with van der Waals surface area (Å²) in [5, 5.41) is 0. The van der Waals surface area contributed by atoms with Gasteiger partial charge in [0.25, 0.3) is 0 Å². The van der Waals surface area contributed by atoms with Crippen LogP contribution in [-0.4, -0.2) is 42.6 Å². The summed E-state index contributed by atoms with van der Waals surface area (Å²) in [6.07, 6.45) is 4.54. The van der Waals surface area contributed by atoms with Gasteiger partial charge in [-0.15, -0.1) is 12.4 Å². The highest BCUT2D eigenvalue weighted by atomic mass is 35.5. The van der Waals surface area contributed by atoms with Gasteiger partial charge in [-0.1, -0.05) is 6.07 Å². The number of nitrogens with two attached hydrogens (primary N) is 1. The average Bonchev–Trinajstić information content (AvgIpc) is 2.47. The molecular weight excluding hydrogens is 284 g/mol. The van der Waals surface area contributed by atoms with E-state index >= 15 is 0 Å². The first-order valence-corrected chi connectivity index (χ1v) is 7.74. The molecule has 5 heteroatoms. The molecule has 1 aliphatic heterocycles. The van der Waals surface area contributed by atoms with Crippen molar-refractivity contribution in [2.75, 3.05) is 31.6 Å². The highest BCUT2D eigenvalue weighted by Gasteiger charge is 2.22. The van der Waals surface area contributed by atoms with Gasteiger partial charge in [0.2, 0.25) is 0 Å². The maximum Gasteiger partial charge on any atom is 0.128 e. The van der Waals surface area contributed by atoms with E-state index in [0.29, 0.717) is 12.0 Å². The molecule has 0 amide bonds. The molecule has 21 heavy (non-hydrogen) atoms. The van der Waals surface area contributed by atoms with Crippen molar-refractivity contribution in [3.8, 4) is 0 Å². The molecule has 4 nitrogen and oxygen atoms in total. The number of rotatable bonds is 5. The summed E-state index contributed by atoms with van der Waals surface area (Å²) in [6.45, 7) is 8.54. The van der Waals surface area contributed by atoms with Gasteiger partial charge in [0.05, 0.1) is 0 Å². The lowest BCUT2D eigenvalue weighted by Gasteiger charge is -2.34. The van der Waals surface area contributed by atoms with Gasteiger partial charge in [-0.2, -0.15) is 0 Å². The normalized spacial score (nSPS) is 20.7. The van der Waals surface area contributed by atoms with Crippen molar-refractivity contribution >= 4 is 18.2 Å². The Kier molecular flexibility index (Phi) is 7.43. The first kappa shape index (κ1) is 18.2. The molecule has 0 aliphatic carbocycles. The number of hydrogen-bond acceptors (Lipinski definition) is 4. The van der Waals surface area contributed by atoms with E-state index in [2.05, 4.69) is 47.8 Å². The topological polar surface area (TPSA) is 45.4 Å². The van der Waals surface area contributed by atoms with Gasteiger partial charge < -0.3 is 10.6 Å². The van der Waals surface area contributed by atoms with Crippen molar-refractivity contribution in [2.24, 2.45) is 11.7 Å². The van der Waals surface area contributed by atoms with Gasteiger partial charge in [-0.3, -0.25) is 4.90 Å². The second-order valence-corrected chi connectivity index (χ2v) is 6.04. The Morgan fingerprint density at radius 3 is 2.81 bits per heavy atom. The van der Waals surface area contributed by atoms with Crippen LogP contribution in [0.25, 0.3) is 0 Å². The number of piperidine rings is 1. The fourth-order valence-electron chi connectivity index (χ4n) is 2.82. The lowest BCUT2D eigenvalue weighted by molar-refractivity contribution is 0.154. The first-order chi connectivity index (χ1) is 9.60. The lowest BCUT2D eigenvalue weighted by Crippen LogP contribution is -2.41. The zero-order chi connectivity index (χ0) is 14.5. The van der Waals surface area contributed by atoms with Gasteiger partial charge in [0, 0.05) is 38.9 Å². The smallest absolute Gasteiger partial charge is 0.128 e. The first-order valence-electron chi connectivity index (χ1n) is 7.74. The average molecular weight is 313 g/mol. The lowest BCUT2D eigenvalue weighted by atomic mass is 9.92. The third-order valence-electron chi connectivity index (χ3n) is 4.37. The third-order valence-corrected chi connectivity index (χ3v) is 4.37. The summed E-state index contributed by atoms with van der Waals surface area (Å²) in [7, 11) is 2.07. The summed E-state index contributed by atoms with van der Waals surface area (Å²) in [5.41, 5.74) is 7.34. The fourth-order valence-corrected chi connectivity index (χ4v) is 2.82. The molecule has 0 saturated carbocycles. The van der Waals surface area contributed by atoms with Crippen molar-refractivity contribution in [2.45, 2.75) is 39.3 Å². The van der Waals surface area contributed by atoms with Crippen LogP contribution in [0.5, 0.6) is 0 Å². The Morgan fingerprint density at radius 2 is 2.24 bits per heavy atom. The number of anilines is 1. The van der Waals surface area contributed by atoms with Crippen LogP contribution in [-0.2, 0) is 6.54 Å². The number of likely N-dealkylation sites (tertiary alicyclic amines) is 1. The number of nitrogens with zero attached hydrogens (tertiary/aromatic N) is 3. The Labute approximate surface area is 135 Å². The maximum absolute atomic E-state index is 6.05. The highest BCUT2D eigenvalue weighted by Crippen LogP contribution is 2.20. The predicted octanol–water partition coefficient (Wildman–Crippen LogP) is 2.52. The van der Waals surface area contributed by atoms with Crippen LogP contribution in [0.2, 0.25) is 0 Å². The molecule has 1 saturated heterocycles. The van der Waals surface area contributed by atoms with Crippen molar-refractivity contribution in [1.29, 1.82) is 0 Å². The molecule has 0 radical (unpaired) electrons. The van der Waals surface area contributed by atoms with E-state index in [4.69, 9.17) is 5.73 Å². The Balaban J connectivity index is 0.00000220. The molecule has 0 bridgehead atoms. The zero-order valence-corrected chi connectivity index (χ0v) is 14.3. The van der Waals surface area contributed by atoms with Crippen molar-refractivity contribution < 1.29 is 0 Å². The molecule has 2 N–H and O–H groups in total. The molecular formula is C16H29ClN4. The van der Waals surface area contributed by atoms with E-state index < -0.39 is 0 Å². The SMILES string of the molecule is CCN(C)c1ccc(CN2CCCC(C(C)N)C2)cn1.Cl. The summed E-state index contributed by atoms with van der Waals surface area (Å²) in [5.74, 6) is 1.69. The van der Waals surface area contributed by atoms with Gasteiger partial charge in [0.1, 0.15) is 5.82 Å². The predicted molar refractivity (Wildman–Crippen MR) is 92.1 cm³/mol. The summed E-state index contributed by atoms with van der Waals surface area (Å²) in [6, 6.07) is 4.62. The van der Waals surface area contributed by atoms with E-state index in [9.17, 15) is 0 Å². The number of aromatic nitrogens is 1. The molecule has 2 heterocycles. The molecule has 1 aromatic rings. The largest absolute Gasteiger partial charge is 0.360 e. The molecule has 1 fully saturated rings. The Bertz CT molecular complexity index is 407. The minimum atomic E-state index is 0. The molecule has 1 aliphatic rings. The maximum atomic E-state index is 6.05. The zero-order valence-electron chi connectivity index (χ0n) is 13.5. The molecule has 2 atom stereocenters. The molecule has 2 rings (SSSR count). The second kappa shape index (κ2) is 8.57. The quantitative estimate of drug-likeness (QED) is 0.907. The second-order valence-electron chi connectivity index (χ2n) is 6.04. The summed E-state index contributed by atoms with van der Waals surface area (Å²) in [4.78, 5) is 9.20. The molecule has 1 aromatic heterocycles. The van der Waals surface area contributed by atoms with Crippen LogP contribution in [0.4, 0.5) is 5.82 Å². The summed E-state index contributed by atoms with van der Waals surface area (Å²) >= 11 is 0. The van der Waals surface area contributed by atoms with Crippen molar-refractivity contribution in [3.63, 3.8) is 0 Å². The minimum absolute atomic E-state index is 0. The van der Waals surface area contributed by atoms with Crippen LogP contribution >= 0.6 is 12.4 Å². The minimum Gasteiger partial charge on any atom is -0.360 e.